The highest BCUT2D eigenvalue weighted by Gasteiger charge is 2.32. The van der Waals surface area contributed by atoms with Crippen molar-refractivity contribution in [1.82, 2.24) is 15.6 Å². The van der Waals surface area contributed by atoms with Crippen molar-refractivity contribution >= 4 is 23.7 Å². The Morgan fingerprint density at radius 2 is 1.75 bits per heavy atom. The highest BCUT2D eigenvalue weighted by atomic mass is 19.1. The molecule has 1 aliphatic heterocycles. The number of aromatic nitrogens is 1. The molecule has 1 aromatic heterocycles. The van der Waals surface area contributed by atoms with E-state index in [-0.39, 0.29) is 24.7 Å². The first-order valence-corrected chi connectivity index (χ1v) is 14.8. The number of aliphatic imine (C=N–C) groups is 1. The van der Waals surface area contributed by atoms with Crippen LogP contribution in [0.25, 0.3) is 10.9 Å². The molecule has 1 aliphatic rings. The van der Waals surface area contributed by atoms with Crippen LogP contribution in [-0.4, -0.2) is 23.3 Å². The average molecular weight is 601 g/mol. The molecule has 4 aromatic rings. The molecule has 2 bridgehead atoms. The van der Waals surface area contributed by atoms with Gasteiger partial charge in [-0.05, 0) is 70.2 Å². The maximum atomic E-state index is 15.4. The van der Waals surface area contributed by atoms with Crippen molar-refractivity contribution in [3.8, 4) is 11.5 Å². The van der Waals surface area contributed by atoms with Gasteiger partial charge >= 0.3 is 6.09 Å². The molecule has 1 unspecified atom stereocenters. The van der Waals surface area contributed by atoms with Crippen LogP contribution in [0.4, 0.5) is 13.6 Å². The van der Waals surface area contributed by atoms with E-state index in [2.05, 4.69) is 46.4 Å². The molecule has 0 saturated heterocycles. The van der Waals surface area contributed by atoms with Gasteiger partial charge in [0, 0.05) is 63.7 Å². The summed E-state index contributed by atoms with van der Waals surface area (Å²) in [6, 6.07) is 17.4. The monoisotopic (exact) mass is 600 g/mol. The number of allylic oxidation sites excluding steroid dienone is 1. The van der Waals surface area contributed by atoms with Crippen LogP contribution in [0, 0.1) is 11.6 Å². The molecule has 3 aromatic carbocycles. The molecule has 1 atom stereocenters. The molecule has 0 radical (unpaired) electrons. The number of rotatable bonds is 2. The third kappa shape index (κ3) is 6.77. The minimum Gasteiger partial charge on any atom is -0.454 e. The zero-order chi connectivity index (χ0) is 31.3. The molecule has 3 N–H and O–H groups in total. The van der Waals surface area contributed by atoms with Gasteiger partial charge in [0.1, 0.15) is 18.2 Å². The predicted molar refractivity (Wildman–Crippen MR) is 169 cm³/mol. The molecule has 5 rings (SSSR count). The van der Waals surface area contributed by atoms with Crippen molar-refractivity contribution in [2.45, 2.75) is 70.6 Å². The van der Waals surface area contributed by atoms with Gasteiger partial charge in [-0.1, -0.05) is 43.2 Å². The zero-order valence-electron chi connectivity index (χ0n) is 25.3. The zero-order valence-corrected chi connectivity index (χ0v) is 25.3. The molecular formula is C35H38F2N4O3. The number of benzene rings is 3. The van der Waals surface area contributed by atoms with E-state index >= 15 is 8.78 Å². The molecule has 230 valence electrons. The number of carbonyl (C=O) groups is 1. The van der Waals surface area contributed by atoms with Crippen LogP contribution >= 0.6 is 0 Å². The van der Waals surface area contributed by atoms with E-state index in [1.165, 1.54) is 24.3 Å². The van der Waals surface area contributed by atoms with Crippen LogP contribution in [0.3, 0.4) is 0 Å². The number of nitrogens with zero attached hydrogens (tertiary/aromatic N) is 1. The number of carbonyl (C=O) groups excluding carboxylic acids is 1. The molecule has 2 heterocycles. The minimum absolute atomic E-state index is 0.0966. The number of amides is 1. The van der Waals surface area contributed by atoms with Crippen LogP contribution in [0.15, 0.2) is 83.7 Å². The number of H-pyrrole nitrogens is 1. The third-order valence-corrected chi connectivity index (χ3v) is 8.31. The Hall–Kier alpha value is -4.66. The number of alkyl carbamates (subject to hydrolysis) is 1. The molecule has 0 fully saturated rings. The van der Waals surface area contributed by atoms with Crippen molar-refractivity contribution in [1.29, 1.82) is 0 Å². The number of ether oxygens (including phenoxy) is 2. The summed E-state index contributed by atoms with van der Waals surface area (Å²) in [5.74, 6) is -0.942. The van der Waals surface area contributed by atoms with Crippen molar-refractivity contribution in [3.05, 3.63) is 107 Å². The first kappa shape index (κ1) is 30.8. The lowest BCUT2D eigenvalue weighted by molar-refractivity contribution is 0.127. The summed E-state index contributed by atoms with van der Waals surface area (Å²) in [7, 11) is 0. The fourth-order valence-electron chi connectivity index (χ4n) is 5.81. The van der Waals surface area contributed by atoms with Gasteiger partial charge in [0.2, 0.25) is 0 Å². The third-order valence-electron chi connectivity index (χ3n) is 8.31. The van der Waals surface area contributed by atoms with Gasteiger partial charge in [-0.3, -0.25) is 4.99 Å². The van der Waals surface area contributed by atoms with Crippen LogP contribution < -0.4 is 15.4 Å². The van der Waals surface area contributed by atoms with Crippen LogP contribution in [-0.2, 0) is 23.3 Å². The highest BCUT2D eigenvalue weighted by molar-refractivity contribution is 5.86. The van der Waals surface area contributed by atoms with Crippen molar-refractivity contribution in [3.63, 3.8) is 0 Å². The van der Waals surface area contributed by atoms with Crippen LogP contribution in [0.2, 0.25) is 0 Å². The van der Waals surface area contributed by atoms with E-state index in [1.807, 2.05) is 32.0 Å². The van der Waals surface area contributed by atoms with Crippen molar-refractivity contribution < 1.29 is 23.0 Å². The number of hydrogen-bond acceptors (Lipinski definition) is 5. The number of halogens is 2. The van der Waals surface area contributed by atoms with E-state index in [4.69, 9.17) is 9.47 Å². The Balaban J connectivity index is 1.56. The topological polar surface area (TPSA) is 87.7 Å². The quantitative estimate of drug-likeness (QED) is 0.202. The number of fused-ring (bicyclic) bond motifs is 5. The van der Waals surface area contributed by atoms with Gasteiger partial charge in [0.25, 0.3) is 0 Å². The Morgan fingerprint density at radius 3 is 2.52 bits per heavy atom. The first-order chi connectivity index (χ1) is 21.1. The summed E-state index contributed by atoms with van der Waals surface area (Å²) in [5.41, 5.74) is 2.04. The molecule has 0 aliphatic carbocycles. The van der Waals surface area contributed by atoms with Crippen LogP contribution in [0.5, 0.6) is 11.5 Å². The second kappa shape index (κ2) is 12.9. The molecule has 9 heteroatoms. The Morgan fingerprint density at radius 1 is 0.977 bits per heavy atom. The van der Waals surface area contributed by atoms with E-state index < -0.39 is 28.7 Å². The lowest BCUT2D eigenvalue weighted by atomic mass is 9.75. The average Bonchev–Trinajstić information content (AvgIpc) is 3.46. The fourth-order valence-corrected chi connectivity index (χ4v) is 5.81. The number of hydrogen-bond donors (Lipinski definition) is 3. The number of nitrogens with one attached hydrogen (secondary N) is 3. The minimum atomic E-state index is -0.643. The molecule has 7 nitrogen and oxygen atoms in total. The summed E-state index contributed by atoms with van der Waals surface area (Å²) >= 11 is 0. The molecular weight excluding hydrogens is 562 g/mol. The van der Waals surface area contributed by atoms with Gasteiger partial charge < -0.3 is 25.1 Å². The maximum absolute atomic E-state index is 15.4. The maximum Gasteiger partial charge on any atom is 0.407 e. The second-order valence-electron chi connectivity index (χ2n) is 12.0. The van der Waals surface area contributed by atoms with E-state index in [0.29, 0.717) is 28.5 Å². The number of aromatic amines is 1. The van der Waals surface area contributed by atoms with Crippen molar-refractivity contribution in [2.75, 3.05) is 0 Å². The smallest absolute Gasteiger partial charge is 0.407 e. The molecule has 0 spiro atoms. The first-order valence-electron chi connectivity index (χ1n) is 14.8. The largest absolute Gasteiger partial charge is 0.454 e. The van der Waals surface area contributed by atoms with Crippen LogP contribution in [0.1, 0.15) is 63.1 Å². The standard InChI is InChI=1S/C35H38F2N4O3/c1-34(2)15-8-9-16-35(3,24-10-6-5-7-11-24)31(21-38-4)40-20-23-18-25(12-13-28(23)36)44-32-27(22-43-33(42)41-34)26-14-17-39-30(26)19-29(32)37/h5-7,10-14,17-19,21,39-40H,4,8-9,15-16,20,22H2,1-3H3,(H,41,42)/b31-21-. The SMILES string of the molecule is C=N/C=C1\NCc2cc(ccc2F)Oc2c(F)cc3[nH]ccc3c2COC(=O)NC(C)(C)CCCCC1(C)c1ccccc1. The van der Waals surface area contributed by atoms with E-state index in [1.54, 1.807) is 18.5 Å². The molecule has 1 amide bonds. The molecule has 44 heavy (non-hydrogen) atoms. The normalized spacial score (nSPS) is 20.6. The second-order valence-corrected chi connectivity index (χ2v) is 12.0. The summed E-state index contributed by atoms with van der Waals surface area (Å²) in [6.07, 6.45) is 5.88. The lowest BCUT2D eigenvalue weighted by Gasteiger charge is -2.34. The lowest BCUT2D eigenvalue weighted by Crippen LogP contribution is -2.43. The Labute approximate surface area is 256 Å². The van der Waals surface area contributed by atoms with Gasteiger partial charge in [-0.2, -0.15) is 0 Å². The molecule has 0 saturated carbocycles. The number of cyclic esters (lactones) is 1. The fraction of sp³-hybridized carbons (Fsp3) is 0.314. The Kier molecular flexibility index (Phi) is 9.04. The summed E-state index contributed by atoms with van der Waals surface area (Å²) in [4.78, 5) is 20.0. The summed E-state index contributed by atoms with van der Waals surface area (Å²) in [6.45, 7) is 9.62. The Bertz CT molecular complexity index is 1680. The highest BCUT2D eigenvalue weighted by Crippen LogP contribution is 2.38. The van der Waals surface area contributed by atoms with E-state index in [0.717, 1.165) is 30.5 Å². The summed E-state index contributed by atoms with van der Waals surface area (Å²) in [5, 5.41) is 7.03. The van der Waals surface area contributed by atoms with Gasteiger partial charge in [-0.15, -0.1) is 0 Å². The predicted octanol–water partition coefficient (Wildman–Crippen LogP) is 8.41. The van der Waals surface area contributed by atoms with Crippen molar-refractivity contribution in [2.24, 2.45) is 4.99 Å². The van der Waals surface area contributed by atoms with E-state index in [9.17, 15) is 4.79 Å². The summed E-state index contributed by atoms with van der Waals surface area (Å²) < 4.78 is 42.2. The van der Waals surface area contributed by atoms with Gasteiger partial charge in [0.15, 0.2) is 11.6 Å². The van der Waals surface area contributed by atoms with Gasteiger partial charge in [0.05, 0.1) is 0 Å². The van der Waals surface area contributed by atoms with Gasteiger partial charge in [-0.25, -0.2) is 13.6 Å².